The standard InChI is InChI=1S/C23H28N6O2/c1-14(2)21-20(16(4)31-28-21)22(30)29-10-5-7-17(13-29)19-12-18(11-15(3)26-19)27-23-24-8-6-9-25-23/h6,8-9,11-12,14,17H,5,7,10,13H2,1-4H3,(H,24,25,26,27)/t17-/m0/s1. The second-order valence-electron chi connectivity index (χ2n) is 8.36. The molecule has 0 spiro atoms. The summed E-state index contributed by atoms with van der Waals surface area (Å²) in [5.74, 6) is 1.42. The molecule has 0 radical (unpaired) electrons. The molecule has 162 valence electrons. The van der Waals surface area contributed by atoms with Crippen LogP contribution in [0.25, 0.3) is 0 Å². The predicted molar refractivity (Wildman–Crippen MR) is 117 cm³/mol. The van der Waals surface area contributed by atoms with Gasteiger partial charge in [-0.2, -0.15) is 0 Å². The molecule has 8 nitrogen and oxygen atoms in total. The Bertz CT molecular complexity index is 1060. The molecule has 0 aromatic carbocycles. The molecule has 8 heteroatoms. The van der Waals surface area contributed by atoms with Crippen LogP contribution in [0.1, 0.15) is 71.7 Å². The zero-order valence-electron chi connectivity index (χ0n) is 18.4. The minimum atomic E-state index is -0.00385. The molecule has 1 atom stereocenters. The van der Waals surface area contributed by atoms with E-state index < -0.39 is 0 Å². The van der Waals surface area contributed by atoms with Gasteiger partial charge in [0.15, 0.2) is 0 Å². The Labute approximate surface area is 182 Å². The molecule has 3 aromatic rings. The Hall–Kier alpha value is -3.29. The predicted octanol–water partition coefficient (Wildman–Crippen LogP) is 4.36. The van der Waals surface area contributed by atoms with Crippen LogP contribution in [0.5, 0.6) is 0 Å². The van der Waals surface area contributed by atoms with Gasteiger partial charge in [0.1, 0.15) is 11.3 Å². The summed E-state index contributed by atoms with van der Waals surface area (Å²) in [4.78, 5) is 28.5. The Kier molecular flexibility index (Phi) is 5.97. The topological polar surface area (TPSA) is 97.0 Å². The highest BCUT2D eigenvalue weighted by Crippen LogP contribution is 2.31. The summed E-state index contributed by atoms with van der Waals surface area (Å²) in [6.45, 7) is 9.18. The number of aryl methyl sites for hydroxylation is 2. The fourth-order valence-corrected chi connectivity index (χ4v) is 4.07. The number of pyridine rings is 1. The van der Waals surface area contributed by atoms with Crippen LogP contribution in [0.15, 0.2) is 35.1 Å². The van der Waals surface area contributed by atoms with E-state index in [1.54, 1.807) is 25.4 Å². The molecule has 1 N–H and O–H groups in total. The molecule has 1 aliphatic heterocycles. The van der Waals surface area contributed by atoms with Gasteiger partial charge in [-0.25, -0.2) is 9.97 Å². The molecular formula is C23H28N6O2. The van der Waals surface area contributed by atoms with Crippen molar-refractivity contribution in [2.75, 3.05) is 18.4 Å². The summed E-state index contributed by atoms with van der Waals surface area (Å²) < 4.78 is 5.34. The summed E-state index contributed by atoms with van der Waals surface area (Å²) in [5.41, 5.74) is 4.12. The average Bonchev–Trinajstić information content (AvgIpc) is 3.15. The van der Waals surface area contributed by atoms with Gasteiger partial charge in [-0.05, 0) is 50.8 Å². The van der Waals surface area contributed by atoms with Gasteiger partial charge < -0.3 is 14.7 Å². The third-order valence-electron chi connectivity index (χ3n) is 5.57. The lowest BCUT2D eigenvalue weighted by Crippen LogP contribution is -2.39. The number of piperidine rings is 1. The van der Waals surface area contributed by atoms with E-state index in [0.29, 0.717) is 23.8 Å². The second-order valence-corrected chi connectivity index (χ2v) is 8.36. The van der Waals surface area contributed by atoms with Gasteiger partial charge in [0, 0.05) is 48.5 Å². The molecular weight excluding hydrogens is 392 g/mol. The van der Waals surface area contributed by atoms with Gasteiger partial charge in [-0.15, -0.1) is 0 Å². The van der Waals surface area contributed by atoms with E-state index in [-0.39, 0.29) is 17.7 Å². The highest BCUT2D eigenvalue weighted by Gasteiger charge is 2.31. The van der Waals surface area contributed by atoms with Crippen LogP contribution in [0.3, 0.4) is 0 Å². The maximum Gasteiger partial charge on any atom is 0.259 e. The van der Waals surface area contributed by atoms with Crippen molar-refractivity contribution in [3.63, 3.8) is 0 Å². The van der Waals surface area contributed by atoms with E-state index in [2.05, 4.69) is 20.4 Å². The van der Waals surface area contributed by atoms with Gasteiger partial charge in [0.25, 0.3) is 5.91 Å². The van der Waals surface area contributed by atoms with Crippen molar-refractivity contribution in [2.24, 2.45) is 0 Å². The van der Waals surface area contributed by atoms with Crippen molar-refractivity contribution in [1.82, 2.24) is 25.0 Å². The number of nitrogens with one attached hydrogen (secondary N) is 1. The first-order chi connectivity index (χ1) is 14.9. The summed E-state index contributed by atoms with van der Waals surface area (Å²) in [5, 5.41) is 7.36. The minimum Gasteiger partial charge on any atom is -0.361 e. The summed E-state index contributed by atoms with van der Waals surface area (Å²) >= 11 is 0. The van der Waals surface area contributed by atoms with Crippen LogP contribution in [0.4, 0.5) is 11.6 Å². The lowest BCUT2D eigenvalue weighted by molar-refractivity contribution is 0.0703. The van der Waals surface area contributed by atoms with Crippen molar-refractivity contribution in [1.29, 1.82) is 0 Å². The minimum absolute atomic E-state index is 0.00385. The maximum atomic E-state index is 13.3. The van der Waals surface area contributed by atoms with E-state index in [9.17, 15) is 4.79 Å². The fraction of sp³-hybridized carbons (Fsp3) is 0.435. The van der Waals surface area contributed by atoms with E-state index >= 15 is 0 Å². The normalized spacial score (nSPS) is 16.5. The highest BCUT2D eigenvalue weighted by molar-refractivity contribution is 5.96. The highest BCUT2D eigenvalue weighted by atomic mass is 16.5. The van der Waals surface area contributed by atoms with Crippen LogP contribution in [0, 0.1) is 13.8 Å². The quantitative estimate of drug-likeness (QED) is 0.655. The molecule has 0 saturated carbocycles. The molecule has 4 heterocycles. The zero-order valence-corrected chi connectivity index (χ0v) is 18.4. The number of nitrogens with zero attached hydrogens (tertiary/aromatic N) is 5. The largest absolute Gasteiger partial charge is 0.361 e. The number of likely N-dealkylation sites (tertiary alicyclic amines) is 1. The second kappa shape index (κ2) is 8.83. The van der Waals surface area contributed by atoms with Crippen molar-refractivity contribution < 1.29 is 9.32 Å². The lowest BCUT2D eigenvalue weighted by atomic mass is 9.92. The van der Waals surface area contributed by atoms with Gasteiger partial charge in [0.2, 0.25) is 5.95 Å². The smallest absolute Gasteiger partial charge is 0.259 e. The number of aromatic nitrogens is 4. The first-order valence-electron chi connectivity index (χ1n) is 10.7. The average molecular weight is 421 g/mol. The molecule has 4 rings (SSSR count). The summed E-state index contributed by atoms with van der Waals surface area (Å²) in [7, 11) is 0. The van der Waals surface area contributed by atoms with Crippen LogP contribution in [-0.4, -0.2) is 44.0 Å². The fourth-order valence-electron chi connectivity index (χ4n) is 4.07. The van der Waals surface area contributed by atoms with Crippen LogP contribution >= 0.6 is 0 Å². The first kappa shape index (κ1) is 21.0. The SMILES string of the molecule is Cc1cc(Nc2ncccn2)cc([C@H]2CCCN(C(=O)c3c(C(C)C)noc3C)C2)n1. The number of anilines is 2. The number of carbonyl (C=O) groups is 1. The molecule has 31 heavy (non-hydrogen) atoms. The molecule has 0 unspecified atom stereocenters. The van der Waals surface area contributed by atoms with Crippen LogP contribution in [-0.2, 0) is 0 Å². The van der Waals surface area contributed by atoms with E-state index in [1.807, 2.05) is 37.8 Å². The van der Waals surface area contributed by atoms with Crippen LogP contribution in [0.2, 0.25) is 0 Å². The lowest BCUT2D eigenvalue weighted by Gasteiger charge is -2.33. The Morgan fingerprint density at radius 2 is 2.00 bits per heavy atom. The van der Waals surface area contributed by atoms with Crippen molar-refractivity contribution >= 4 is 17.5 Å². The zero-order chi connectivity index (χ0) is 22.0. The third kappa shape index (κ3) is 4.57. The molecule has 1 aliphatic rings. The molecule has 0 bridgehead atoms. The van der Waals surface area contributed by atoms with Crippen molar-refractivity contribution in [2.45, 2.75) is 52.4 Å². The number of amides is 1. The van der Waals surface area contributed by atoms with E-state index in [0.717, 1.165) is 42.2 Å². The van der Waals surface area contributed by atoms with Gasteiger partial charge in [-0.1, -0.05) is 19.0 Å². The maximum absolute atomic E-state index is 13.3. The van der Waals surface area contributed by atoms with Gasteiger partial charge >= 0.3 is 0 Å². The molecule has 0 aliphatic carbocycles. The Morgan fingerprint density at radius 1 is 1.23 bits per heavy atom. The van der Waals surface area contributed by atoms with Crippen molar-refractivity contribution in [3.05, 3.63) is 59.0 Å². The molecule has 1 fully saturated rings. The number of carbonyl (C=O) groups excluding carboxylic acids is 1. The van der Waals surface area contributed by atoms with Gasteiger partial charge in [0.05, 0.1) is 5.69 Å². The van der Waals surface area contributed by atoms with Gasteiger partial charge in [-0.3, -0.25) is 9.78 Å². The molecule has 1 amide bonds. The van der Waals surface area contributed by atoms with E-state index in [1.165, 1.54) is 0 Å². The Balaban J connectivity index is 1.55. The molecule has 3 aromatic heterocycles. The Morgan fingerprint density at radius 3 is 2.74 bits per heavy atom. The summed E-state index contributed by atoms with van der Waals surface area (Å²) in [6.07, 6.45) is 5.32. The third-order valence-corrected chi connectivity index (χ3v) is 5.57. The van der Waals surface area contributed by atoms with Crippen LogP contribution < -0.4 is 5.32 Å². The van der Waals surface area contributed by atoms with E-state index in [4.69, 9.17) is 9.51 Å². The first-order valence-corrected chi connectivity index (χ1v) is 10.7. The monoisotopic (exact) mass is 420 g/mol. The molecule has 1 saturated heterocycles. The summed E-state index contributed by atoms with van der Waals surface area (Å²) in [6, 6.07) is 5.79. The van der Waals surface area contributed by atoms with Crippen molar-refractivity contribution in [3.8, 4) is 0 Å². The number of hydrogen-bond donors (Lipinski definition) is 1. The number of rotatable bonds is 5. The number of hydrogen-bond acceptors (Lipinski definition) is 7.